The van der Waals surface area contributed by atoms with Crippen LogP contribution in [0.5, 0.6) is 0 Å². The Hall–Kier alpha value is -1.10. The van der Waals surface area contributed by atoms with Crippen molar-refractivity contribution in [1.82, 2.24) is 4.90 Å². The van der Waals surface area contributed by atoms with E-state index in [1.807, 2.05) is 23.1 Å². The molecule has 27 heavy (non-hydrogen) atoms. The summed E-state index contributed by atoms with van der Waals surface area (Å²) < 4.78 is 0. The zero-order valence-electron chi connectivity index (χ0n) is 15.6. The molecule has 5 aliphatic rings. The highest BCUT2D eigenvalue weighted by Gasteiger charge is 2.60. The molecule has 6 rings (SSSR count). The van der Waals surface area contributed by atoms with E-state index in [9.17, 15) is 15.0 Å². The van der Waals surface area contributed by atoms with Crippen molar-refractivity contribution in [3.63, 3.8) is 0 Å². The molecule has 146 valence electrons. The van der Waals surface area contributed by atoms with Gasteiger partial charge in [0.2, 0.25) is 5.91 Å². The summed E-state index contributed by atoms with van der Waals surface area (Å²) in [5.41, 5.74) is 1.18. The molecular formula is C22H28ClNO3. The molecule has 2 N–H and O–H groups in total. The number of benzene rings is 1. The number of carbonyl (C=O) groups is 1. The Morgan fingerprint density at radius 3 is 2.30 bits per heavy atom. The van der Waals surface area contributed by atoms with Gasteiger partial charge in [-0.05, 0) is 78.9 Å². The van der Waals surface area contributed by atoms with Crippen LogP contribution in [0.3, 0.4) is 0 Å². The molecule has 0 radical (unpaired) electrons. The van der Waals surface area contributed by atoms with Gasteiger partial charge >= 0.3 is 0 Å². The zero-order chi connectivity index (χ0) is 18.8. The van der Waals surface area contributed by atoms with Gasteiger partial charge in [0.15, 0.2) is 0 Å². The third-order valence-electron chi connectivity index (χ3n) is 8.06. The Bertz CT molecular complexity index is 715. The molecule has 1 saturated heterocycles. The first-order valence-electron chi connectivity index (χ1n) is 10.3. The highest BCUT2D eigenvalue weighted by molar-refractivity contribution is 6.30. The van der Waals surface area contributed by atoms with Crippen LogP contribution in [0.4, 0.5) is 0 Å². The molecule has 4 aliphatic carbocycles. The van der Waals surface area contributed by atoms with E-state index >= 15 is 0 Å². The van der Waals surface area contributed by atoms with E-state index in [1.54, 1.807) is 0 Å². The fourth-order valence-electron chi connectivity index (χ4n) is 6.78. The number of aliphatic hydroxyl groups is 2. The van der Waals surface area contributed by atoms with Crippen LogP contribution >= 0.6 is 11.6 Å². The van der Waals surface area contributed by atoms with Crippen molar-refractivity contribution in [2.24, 2.45) is 29.1 Å². The number of carbonyl (C=O) groups excluding carboxylic acids is 1. The first kappa shape index (κ1) is 18.0. The number of nitrogens with zero attached hydrogens (tertiary/aromatic N) is 1. The number of β-amino-alcohol motifs (C(OH)–C–C–N with tert-alkyl or cyclic N) is 1. The summed E-state index contributed by atoms with van der Waals surface area (Å²) in [5, 5.41) is 20.9. The largest absolute Gasteiger partial charge is 0.393 e. The standard InChI is InChI=1S/C22H28ClNO3/c23-18-3-1-2-13(4-18)9-22(10-20(26)24-11-19(25)12-24)16-5-14-6-17(22)8-15(7-16)21(14)27/h1-4,14-17,19,21,25,27H,5-12H2. The lowest BCUT2D eigenvalue weighted by Crippen LogP contribution is -2.61. The van der Waals surface area contributed by atoms with Crippen LogP contribution in [0.15, 0.2) is 24.3 Å². The summed E-state index contributed by atoms with van der Waals surface area (Å²) >= 11 is 6.25. The highest BCUT2D eigenvalue weighted by atomic mass is 35.5. The van der Waals surface area contributed by atoms with Crippen LogP contribution in [0.25, 0.3) is 0 Å². The van der Waals surface area contributed by atoms with Gasteiger partial charge in [-0.15, -0.1) is 0 Å². The minimum absolute atomic E-state index is 0.0323. The predicted octanol–water partition coefficient (Wildman–Crippen LogP) is 2.89. The molecular weight excluding hydrogens is 362 g/mol. The molecule has 0 aromatic heterocycles. The van der Waals surface area contributed by atoms with E-state index in [4.69, 9.17) is 11.6 Å². The summed E-state index contributed by atoms with van der Waals surface area (Å²) in [7, 11) is 0. The smallest absolute Gasteiger partial charge is 0.223 e. The number of amides is 1. The van der Waals surface area contributed by atoms with Gasteiger partial charge in [-0.3, -0.25) is 4.79 Å². The lowest BCUT2D eigenvalue weighted by Gasteiger charge is -2.63. The molecule has 0 atom stereocenters. The highest BCUT2D eigenvalue weighted by Crippen LogP contribution is 2.64. The molecule has 0 spiro atoms. The molecule has 5 fully saturated rings. The summed E-state index contributed by atoms with van der Waals surface area (Å²) in [5.74, 6) is 2.02. The first-order valence-corrected chi connectivity index (χ1v) is 10.7. The maximum atomic E-state index is 13.0. The van der Waals surface area contributed by atoms with Crippen LogP contribution in [0.2, 0.25) is 5.02 Å². The Morgan fingerprint density at radius 1 is 1.11 bits per heavy atom. The van der Waals surface area contributed by atoms with Gasteiger partial charge < -0.3 is 15.1 Å². The van der Waals surface area contributed by atoms with E-state index in [-0.39, 0.29) is 23.5 Å². The number of hydrogen-bond donors (Lipinski definition) is 2. The maximum Gasteiger partial charge on any atom is 0.223 e. The van der Waals surface area contributed by atoms with Gasteiger partial charge in [-0.25, -0.2) is 0 Å². The second kappa shape index (κ2) is 6.47. The van der Waals surface area contributed by atoms with E-state index in [1.165, 1.54) is 5.56 Å². The second-order valence-electron chi connectivity index (χ2n) is 9.52. The van der Waals surface area contributed by atoms with Crippen molar-refractivity contribution < 1.29 is 15.0 Å². The second-order valence-corrected chi connectivity index (χ2v) is 9.95. The third-order valence-corrected chi connectivity index (χ3v) is 8.29. The van der Waals surface area contributed by atoms with Crippen molar-refractivity contribution in [3.8, 4) is 0 Å². The number of halogens is 1. The van der Waals surface area contributed by atoms with Crippen LogP contribution in [0.1, 0.15) is 37.7 Å². The number of hydrogen-bond acceptors (Lipinski definition) is 3. The summed E-state index contributed by atoms with van der Waals surface area (Å²) in [6, 6.07) is 8.07. The van der Waals surface area contributed by atoms with Crippen molar-refractivity contribution in [2.75, 3.05) is 13.1 Å². The lowest BCUT2D eigenvalue weighted by molar-refractivity contribution is -0.179. The average Bonchev–Trinajstić information content (AvgIpc) is 2.57. The van der Waals surface area contributed by atoms with E-state index in [0.29, 0.717) is 43.2 Å². The molecule has 1 aromatic carbocycles. The lowest BCUT2D eigenvalue weighted by atomic mass is 9.42. The van der Waals surface area contributed by atoms with Crippen molar-refractivity contribution in [3.05, 3.63) is 34.9 Å². The van der Waals surface area contributed by atoms with Gasteiger partial charge in [0, 0.05) is 24.5 Å². The minimum atomic E-state index is -0.355. The van der Waals surface area contributed by atoms with Gasteiger partial charge in [0.05, 0.1) is 12.2 Å². The van der Waals surface area contributed by atoms with Crippen LogP contribution in [-0.2, 0) is 11.2 Å². The van der Waals surface area contributed by atoms with Crippen LogP contribution in [-0.4, -0.2) is 46.3 Å². The normalized spacial score (nSPS) is 40.3. The maximum absolute atomic E-state index is 13.0. The van der Waals surface area contributed by atoms with Crippen LogP contribution < -0.4 is 0 Å². The summed E-state index contributed by atoms with van der Waals surface area (Å²) in [4.78, 5) is 14.8. The quantitative estimate of drug-likeness (QED) is 0.832. The zero-order valence-corrected chi connectivity index (χ0v) is 16.3. The van der Waals surface area contributed by atoms with Crippen molar-refractivity contribution in [2.45, 2.75) is 50.7 Å². The molecule has 5 heteroatoms. The predicted molar refractivity (Wildman–Crippen MR) is 103 cm³/mol. The van der Waals surface area contributed by atoms with Gasteiger partial charge in [-0.2, -0.15) is 0 Å². The van der Waals surface area contributed by atoms with E-state index < -0.39 is 0 Å². The SMILES string of the molecule is O=C(CC1(Cc2cccc(Cl)c2)C2CC3CC1CC(C2)C3O)N1CC(O)C1. The third kappa shape index (κ3) is 2.92. The summed E-state index contributed by atoms with van der Waals surface area (Å²) in [6.07, 6.45) is 5.15. The van der Waals surface area contributed by atoms with Gasteiger partial charge in [0.1, 0.15) is 0 Å². The molecule has 4 bridgehead atoms. The number of aliphatic hydroxyl groups excluding tert-OH is 2. The summed E-state index contributed by atoms with van der Waals surface area (Å²) in [6.45, 7) is 0.955. The van der Waals surface area contributed by atoms with Crippen molar-refractivity contribution in [1.29, 1.82) is 0 Å². The monoisotopic (exact) mass is 389 g/mol. The van der Waals surface area contributed by atoms with Crippen molar-refractivity contribution >= 4 is 17.5 Å². The number of rotatable bonds is 4. The minimum Gasteiger partial charge on any atom is -0.393 e. The number of likely N-dealkylation sites (tertiary alicyclic amines) is 1. The van der Waals surface area contributed by atoms with E-state index in [0.717, 1.165) is 37.1 Å². The fraction of sp³-hybridized carbons (Fsp3) is 0.682. The molecule has 1 aromatic rings. The Kier molecular flexibility index (Phi) is 4.30. The molecule has 1 amide bonds. The molecule has 4 nitrogen and oxygen atoms in total. The van der Waals surface area contributed by atoms with Crippen LogP contribution in [0, 0.1) is 29.1 Å². The van der Waals surface area contributed by atoms with Gasteiger partial charge in [-0.1, -0.05) is 23.7 Å². The Labute approximate surface area is 165 Å². The Morgan fingerprint density at radius 2 is 1.74 bits per heavy atom. The van der Waals surface area contributed by atoms with E-state index in [2.05, 4.69) is 6.07 Å². The topological polar surface area (TPSA) is 60.8 Å². The molecule has 4 saturated carbocycles. The Balaban J connectivity index is 1.46. The fourth-order valence-corrected chi connectivity index (χ4v) is 6.99. The molecule has 1 heterocycles. The van der Waals surface area contributed by atoms with Gasteiger partial charge in [0.25, 0.3) is 0 Å². The molecule has 0 unspecified atom stereocenters. The average molecular weight is 390 g/mol. The first-order chi connectivity index (χ1) is 12.9. The molecule has 1 aliphatic heterocycles.